The molecule has 8 heteroatoms. The van der Waals surface area contributed by atoms with Gasteiger partial charge in [-0.15, -0.1) is 0 Å². The van der Waals surface area contributed by atoms with Crippen LogP contribution in [0.2, 0.25) is 0 Å². The summed E-state index contributed by atoms with van der Waals surface area (Å²) in [5.41, 5.74) is 5.33. The molecule has 152 valence electrons. The molecule has 30 heavy (non-hydrogen) atoms. The summed E-state index contributed by atoms with van der Waals surface area (Å²) < 4.78 is 1.80. The Morgan fingerprint density at radius 2 is 2.00 bits per heavy atom. The summed E-state index contributed by atoms with van der Waals surface area (Å²) in [6, 6.07) is 7.78. The van der Waals surface area contributed by atoms with Crippen molar-refractivity contribution in [3.8, 4) is 11.3 Å². The van der Waals surface area contributed by atoms with E-state index in [1.807, 2.05) is 44.3 Å². The van der Waals surface area contributed by atoms with Gasteiger partial charge in [0.05, 0.1) is 28.5 Å². The van der Waals surface area contributed by atoms with E-state index in [-0.39, 0.29) is 11.1 Å². The van der Waals surface area contributed by atoms with Gasteiger partial charge in [0.25, 0.3) is 5.56 Å². The van der Waals surface area contributed by atoms with Gasteiger partial charge in [0.2, 0.25) is 5.95 Å². The van der Waals surface area contributed by atoms with Gasteiger partial charge in [0, 0.05) is 30.7 Å². The number of imidazole rings is 1. The van der Waals surface area contributed by atoms with Crippen molar-refractivity contribution in [2.45, 2.75) is 32.2 Å². The Morgan fingerprint density at radius 1 is 1.13 bits per heavy atom. The van der Waals surface area contributed by atoms with Gasteiger partial charge in [0.1, 0.15) is 0 Å². The summed E-state index contributed by atoms with van der Waals surface area (Å²) in [4.78, 5) is 27.4. The highest BCUT2D eigenvalue weighted by molar-refractivity contribution is 5.84. The number of fused-ring (bicyclic) bond motifs is 2. The van der Waals surface area contributed by atoms with Gasteiger partial charge >= 0.3 is 0 Å². The predicted octanol–water partition coefficient (Wildman–Crippen LogP) is 2.19. The van der Waals surface area contributed by atoms with Crippen molar-refractivity contribution in [1.29, 1.82) is 0 Å². The van der Waals surface area contributed by atoms with Gasteiger partial charge in [-0.1, -0.05) is 6.07 Å². The molecule has 1 aliphatic heterocycles. The van der Waals surface area contributed by atoms with Gasteiger partial charge in [-0.25, -0.2) is 14.5 Å². The van der Waals surface area contributed by atoms with E-state index in [0.717, 1.165) is 47.8 Å². The Hall–Kier alpha value is -3.26. The third-order valence-electron chi connectivity index (χ3n) is 6.25. The molecule has 2 fully saturated rings. The van der Waals surface area contributed by atoms with Gasteiger partial charge in [0.15, 0.2) is 5.65 Å². The number of H-pyrrole nitrogens is 1. The number of rotatable bonds is 2. The quantitative estimate of drug-likeness (QED) is 0.535. The molecule has 3 aromatic heterocycles. The molecule has 0 bridgehead atoms. The smallest absolute Gasteiger partial charge is 0.260 e. The second kappa shape index (κ2) is 6.12. The van der Waals surface area contributed by atoms with Crippen LogP contribution in [0, 0.1) is 13.8 Å². The van der Waals surface area contributed by atoms with Crippen LogP contribution < -0.4 is 15.8 Å². The fourth-order valence-electron chi connectivity index (χ4n) is 4.44. The molecule has 1 saturated heterocycles. The van der Waals surface area contributed by atoms with E-state index in [2.05, 4.69) is 25.3 Å². The van der Waals surface area contributed by atoms with Crippen LogP contribution in [0.1, 0.15) is 24.1 Å². The fraction of sp³-hybridized carbons (Fsp3) is 0.364. The highest BCUT2D eigenvalue weighted by Crippen LogP contribution is 2.38. The van der Waals surface area contributed by atoms with E-state index >= 15 is 0 Å². The lowest BCUT2D eigenvalue weighted by Gasteiger charge is -2.34. The van der Waals surface area contributed by atoms with Crippen molar-refractivity contribution in [1.82, 2.24) is 29.9 Å². The summed E-state index contributed by atoms with van der Waals surface area (Å²) in [5.74, 6) is 0.664. The van der Waals surface area contributed by atoms with E-state index in [4.69, 9.17) is 4.98 Å². The second-order valence-corrected chi connectivity index (χ2v) is 8.61. The molecule has 0 radical (unpaired) electrons. The number of anilines is 1. The average molecular weight is 401 g/mol. The maximum absolute atomic E-state index is 12.9. The highest BCUT2D eigenvalue weighted by atomic mass is 16.1. The molecule has 1 aromatic carbocycles. The standard InChI is InChI=1S/C22H23N7O/c1-13-9-18(27-29-11-14(2)24-19(13)29)15-3-4-17-16(10-15)20(30)26-21(25-17)28-8-7-23-22(12-28)5-6-22/h3-4,9-11,23H,5-8,12H2,1-2H3,(H,25,26,30). The van der Waals surface area contributed by atoms with Crippen molar-refractivity contribution < 1.29 is 0 Å². The van der Waals surface area contributed by atoms with Gasteiger partial charge in [-0.05, 0) is 50.5 Å². The predicted molar refractivity (Wildman–Crippen MR) is 116 cm³/mol. The Labute approximate surface area is 173 Å². The molecule has 4 heterocycles. The molecule has 8 nitrogen and oxygen atoms in total. The maximum Gasteiger partial charge on any atom is 0.260 e. The number of aromatic nitrogens is 5. The molecule has 1 spiro atoms. The first kappa shape index (κ1) is 17.6. The summed E-state index contributed by atoms with van der Waals surface area (Å²) in [7, 11) is 0. The fourth-order valence-corrected chi connectivity index (χ4v) is 4.44. The summed E-state index contributed by atoms with van der Waals surface area (Å²) in [6.45, 7) is 6.64. The third kappa shape index (κ3) is 2.79. The number of aromatic amines is 1. The first-order valence-electron chi connectivity index (χ1n) is 10.4. The minimum atomic E-state index is -0.114. The Balaban J connectivity index is 1.41. The number of benzene rings is 1. The van der Waals surface area contributed by atoms with Crippen molar-refractivity contribution in [3.63, 3.8) is 0 Å². The lowest BCUT2D eigenvalue weighted by molar-refractivity contribution is 0.438. The maximum atomic E-state index is 12.9. The number of nitrogens with zero attached hydrogens (tertiary/aromatic N) is 5. The number of nitrogens with one attached hydrogen (secondary N) is 2. The van der Waals surface area contributed by atoms with Crippen LogP contribution in [-0.2, 0) is 0 Å². The Morgan fingerprint density at radius 3 is 2.83 bits per heavy atom. The van der Waals surface area contributed by atoms with Gasteiger partial charge in [-0.3, -0.25) is 9.78 Å². The van der Waals surface area contributed by atoms with E-state index in [0.29, 0.717) is 16.9 Å². The monoisotopic (exact) mass is 401 g/mol. The summed E-state index contributed by atoms with van der Waals surface area (Å²) in [6.07, 6.45) is 4.30. The Bertz CT molecular complexity index is 1370. The van der Waals surface area contributed by atoms with Crippen LogP contribution in [0.25, 0.3) is 27.8 Å². The normalized spacial score (nSPS) is 17.9. The molecule has 2 aliphatic rings. The zero-order chi connectivity index (χ0) is 20.5. The van der Waals surface area contributed by atoms with Crippen LogP contribution in [0.3, 0.4) is 0 Å². The van der Waals surface area contributed by atoms with Crippen molar-refractivity contribution >= 4 is 22.5 Å². The molecular formula is C22H23N7O. The van der Waals surface area contributed by atoms with E-state index in [1.165, 1.54) is 12.8 Å². The van der Waals surface area contributed by atoms with Crippen LogP contribution >= 0.6 is 0 Å². The molecular weight excluding hydrogens is 378 g/mol. The zero-order valence-electron chi connectivity index (χ0n) is 17.1. The topological polar surface area (TPSA) is 91.2 Å². The zero-order valence-corrected chi connectivity index (χ0v) is 17.1. The SMILES string of the molecule is Cc1cn2nc(-c3ccc4nc(N5CCNC6(CC6)C5)[nH]c(=O)c4c3)cc(C)c2n1. The highest BCUT2D eigenvalue weighted by Gasteiger charge is 2.45. The van der Waals surface area contributed by atoms with Crippen molar-refractivity contribution in [2.75, 3.05) is 24.5 Å². The molecule has 1 aliphatic carbocycles. The molecule has 1 saturated carbocycles. The van der Waals surface area contributed by atoms with E-state index in [1.54, 1.807) is 4.52 Å². The van der Waals surface area contributed by atoms with Gasteiger partial charge < -0.3 is 10.2 Å². The number of aryl methyl sites for hydroxylation is 2. The van der Waals surface area contributed by atoms with Crippen molar-refractivity contribution in [2.24, 2.45) is 0 Å². The number of hydrogen-bond acceptors (Lipinski definition) is 6. The Kier molecular flexibility index (Phi) is 3.59. The largest absolute Gasteiger partial charge is 0.339 e. The van der Waals surface area contributed by atoms with Crippen LogP contribution in [0.4, 0.5) is 5.95 Å². The molecule has 6 rings (SSSR count). The van der Waals surface area contributed by atoms with E-state index < -0.39 is 0 Å². The van der Waals surface area contributed by atoms with Gasteiger partial charge in [-0.2, -0.15) is 5.10 Å². The molecule has 4 aromatic rings. The lowest BCUT2D eigenvalue weighted by atomic mass is 10.1. The second-order valence-electron chi connectivity index (χ2n) is 8.61. The summed E-state index contributed by atoms with van der Waals surface area (Å²) in [5, 5.41) is 8.85. The minimum absolute atomic E-state index is 0.114. The average Bonchev–Trinajstić information content (AvgIpc) is 3.35. The first-order valence-corrected chi connectivity index (χ1v) is 10.4. The lowest BCUT2D eigenvalue weighted by Crippen LogP contribution is -2.53. The summed E-state index contributed by atoms with van der Waals surface area (Å²) >= 11 is 0. The van der Waals surface area contributed by atoms with E-state index in [9.17, 15) is 4.79 Å². The minimum Gasteiger partial charge on any atom is -0.339 e. The van der Waals surface area contributed by atoms with Crippen LogP contribution in [-0.4, -0.2) is 49.7 Å². The van der Waals surface area contributed by atoms with Crippen LogP contribution in [0.5, 0.6) is 0 Å². The molecule has 0 atom stereocenters. The number of hydrogen-bond donors (Lipinski definition) is 2. The third-order valence-corrected chi connectivity index (χ3v) is 6.25. The number of piperazine rings is 1. The van der Waals surface area contributed by atoms with Crippen molar-refractivity contribution in [3.05, 3.63) is 52.1 Å². The first-order chi connectivity index (χ1) is 14.5. The molecule has 0 amide bonds. The molecule has 0 unspecified atom stereocenters. The van der Waals surface area contributed by atoms with Crippen LogP contribution in [0.15, 0.2) is 35.3 Å². The molecule has 2 N–H and O–H groups in total.